The van der Waals surface area contributed by atoms with Crippen molar-refractivity contribution in [1.29, 1.82) is 0 Å². The Bertz CT molecular complexity index is 889. The molecule has 34 heavy (non-hydrogen) atoms. The van der Waals surface area contributed by atoms with Crippen molar-refractivity contribution < 1.29 is 83.2 Å². The van der Waals surface area contributed by atoms with E-state index in [9.17, 15) is 78.7 Å². The summed E-state index contributed by atoms with van der Waals surface area (Å²) in [6.07, 6.45) is -10.0. The summed E-state index contributed by atoms with van der Waals surface area (Å²) < 4.78 is 230. The molecule has 0 aliphatic heterocycles. The summed E-state index contributed by atoms with van der Waals surface area (Å²) in [5.74, 6) is -41.9. The number of aromatic nitrogens is 1. The van der Waals surface area contributed by atoms with Crippen LogP contribution in [0.25, 0.3) is 0 Å². The molecular weight excluding hydrogens is 554 g/mol. The van der Waals surface area contributed by atoms with Gasteiger partial charge in [0, 0.05) is 12.4 Å². The summed E-state index contributed by atoms with van der Waals surface area (Å²) in [5, 5.41) is -7.74. The lowest BCUT2D eigenvalue weighted by atomic mass is 9.92. The monoisotopic (exact) mass is 561 g/mol. The Balaban J connectivity index is 0.00000156. The summed E-state index contributed by atoms with van der Waals surface area (Å²) >= 11 is 0. The molecule has 1 aromatic heterocycles. The van der Waals surface area contributed by atoms with E-state index in [1.54, 1.807) is 12.4 Å². The van der Waals surface area contributed by atoms with Gasteiger partial charge in [0.1, 0.15) is 0 Å². The zero-order chi connectivity index (χ0) is 27.8. The molecule has 1 unspecified atom stereocenters. The molecule has 1 aromatic rings. The van der Waals surface area contributed by atoms with Gasteiger partial charge in [0.2, 0.25) is 0 Å². The number of alkyl halides is 16. The molecule has 0 saturated carbocycles. The van der Waals surface area contributed by atoms with Crippen molar-refractivity contribution in [3.8, 4) is 0 Å². The van der Waals surface area contributed by atoms with E-state index < -0.39 is 57.3 Å². The third kappa shape index (κ3) is 5.13. The molecule has 0 saturated heterocycles. The van der Waals surface area contributed by atoms with Gasteiger partial charge in [-0.1, -0.05) is 6.07 Å². The van der Waals surface area contributed by atoms with Gasteiger partial charge in [0.15, 0.2) is 0 Å². The van der Waals surface area contributed by atoms with E-state index in [1.165, 1.54) is 0 Å². The maximum absolute atomic E-state index is 13.0. The molecule has 4 nitrogen and oxygen atoms in total. The van der Waals surface area contributed by atoms with Gasteiger partial charge in [-0.05, 0) is 12.1 Å². The zero-order valence-electron chi connectivity index (χ0n) is 15.1. The Hall–Kier alpha value is -2.06. The van der Waals surface area contributed by atoms with Crippen molar-refractivity contribution >= 4 is 10.1 Å². The fourth-order valence-electron chi connectivity index (χ4n) is 1.63. The van der Waals surface area contributed by atoms with E-state index in [0.29, 0.717) is 0 Å². The molecular formula is C13H7F16NO3S. The van der Waals surface area contributed by atoms with Crippen molar-refractivity contribution in [1.82, 2.24) is 4.98 Å². The topological polar surface area (TPSA) is 67.3 Å². The Morgan fingerprint density at radius 3 is 1.21 bits per heavy atom. The lowest BCUT2D eigenvalue weighted by Crippen LogP contribution is -2.73. The molecule has 0 fully saturated rings. The number of pyridine rings is 1. The smallest absolute Gasteiger partial charge is 0.281 e. The second kappa shape index (κ2) is 9.19. The lowest BCUT2D eigenvalue weighted by Gasteiger charge is -2.41. The van der Waals surface area contributed by atoms with Gasteiger partial charge in [-0.25, -0.2) is 4.39 Å². The Labute approximate surface area is 177 Å². The van der Waals surface area contributed by atoms with Crippen LogP contribution < -0.4 is 0 Å². The second-order valence-electron chi connectivity index (χ2n) is 5.84. The van der Waals surface area contributed by atoms with Crippen LogP contribution in [-0.4, -0.2) is 65.2 Å². The van der Waals surface area contributed by atoms with Crippen molar-refractivity contribution in [2.75, 3.05) is 0 Å². The molecule has 0 aliphatic carbocycles. The normalized spacial score (nSPS) is 15.9. The molecule has 1 rings (SSSR count). The van der Waals surface area contributed by atoms with Gasteiger partial charge in [0.05, 0.1) is 0 Å². The first-order chi connectivity index (χ1) is 14.7. The van der Waals surface area contributed by atoms with Crippen LogP contribution in [0.5, 0.6) is 0 Å². The predicted octanol–water partition coefficient (Wildman–Crippen LogP) is 5.63. The summed E-state index contributed by atoms with van der Waals surface area (Å²) in [5.41, 5.74) is 0. The maximum Gasteiger partial charge on any atom is 0.438 e. The van der Waals surface area contributed by atoms with Gasteiger partial charge >= 0.3 is 51.2 Å². The minimum absolute atomic E-state index is 1.75. The third-order valence-corrected chi connectivity index (χ3v) is 4.37. The molecule has 0 aromatic carbocycles. The predicted molar refractivity (Wildman–Crippen MR) is 76.4 cm³/mol. The number of hydrogen-bond acceptors (Lipinski definition) is 3. The first-order valence-corrected chi connectivity index (χ1v) is 8.89. The van der Waals surface area contributed by atoms with E-state index in [-0.39, 0.29) is 0 Å². The Morgan fingerprint density at radius 2 is 0.971 bits per heavy atom. The summed E-state index contributed by atoms with van der Waals surface area (Å²) in [6.45, 7) is 0. The fourth-order valence-corrected chi connectivity index (χ4v) is 2.08. The molecule has 21 heteroatoms. The van der Waals surface area contributed by atoms with Gasteiger partial charge in [-0.2, -0.15) is 74.3 Å². The van der Waals surface area contributed by atoms with Gasteiger partial charge in [0.25, 0.3) is 6.17 Å². The van der Waals surface area contributed by atoms with Crippen LogP contribution >= 0.6 is 0 Å². The highest BCUT2D eigenvalue weighted by molar-refractivity contribution is 7.87. The average Bonchev–Trinajstić information content (AvgIpc) is 2.66. The Morgan fingerprint density at radius 1 is 0.618 bits per heavy atom. The number of nitrogens with zero attached hydrogens (tertiary/aromatic N) is 1. The molecule has 0 amide bonds. The van der Waals surface area contributed by atoms with Gasteiger partial charge < -0.3 is 0 Å². The molecule has 0 bridgehead atoms. The highest BCUT2D eigenvalue weighted by atomic mass is 32.2. The minimum atomic E-state index is -8.63. The molecule has 1 N–H and O–H groups in total. The van der Waals surface area contributed by atoms with Crippen LogP contribution in [-0.2, 0) is 10.1 Å². The Kier molecular flexibility index (Phi) is 8.63. The molecule has 1 atom stereocenters. The van der Waals surface area contributed by atoms with E-state index in [0.717, 1.165) is 0 Å². The van der Waals surface area contributed by atoms with Crippen molar-refractivity contribution in [2.24, 2.45) is 0 Å². The van der Waals surface area contributed by atoms with Gasteiger partial charge in [-0.15, -0.1) is 0 Å². The van der Waals surface area contributed by atoms with E-state index >= 15 is 0 Å². The zero-order valence-corrected chi connectivity index (χ0v) is 15.9. The van der Waals surface area contributed by atoms with Crippen molar-refractivity contribution in [3.63, 3.8) is 0 Å². The van der Waals surface area contributed by atoms with Crippen molar-refractivity contribution in [2.45, 2.75) is 47.2 Å². The first kappa shape index (κ1) is 31.9. The van der Waals surface area contributed by atoms with Crippen LogP contribution in [0.3, 0.4) is 0 Å². The van der Waals surface area contributed by atoms with E-state index in [2.05, 4.69) is 4.98 Å². The van der Waals surface area contributed by atoms with Crippen molar-refractivity contribution in [3.05, 3.63) is 30.6 Å². The summed E-state index contributed by atoms with van der Waals surface area (Å²) in [4.78, 5) is 3.78. The average molecular weight is 561 g/mol. The quantitative estimate of drug-likeness (QED) is 0.347. The number of hydrogen-bond donors (Lipinski definition) is 1. The number of halogens is 16. The highest BCUT2D eigenvalue weighted by Crippen LogP contribution is 2.62. The van der Waals surface area contributed by atoms with Crippen LogP contribution in [0.4, 0.5) is 70.2 Å². The SMILES string of the molecule is O=S(=O)(O)C(F)(F)C(F)(F)C(F)(F)C(F)(F)C(F)(F)C(F)(F)C(F)C(F)(F)F.c1ccncc1. The largest absolute Gasteiger partial charge is 0.438 e. The molecule has 0 spiro atoms. The van der Waals surface area contributed by atoms with Gasteiger partial charge in [-0.3, -0.25) is 9.54 Å². The first-order valence-electron chi connectivity index (χ1n) is 7.45. The molecule has 200 valence electrons. The fraction of sp³-hybridized carbons (Fsp3) is 0.615. The van der Waals surface area contributed by atoms with Crippen LogP contribution in [0.2, 0.25) is 0 Å². The van der Waals surface area contributed by atoms with E-state index in [4.69, 9.17) is 4.55 Å². The summed E-state index contributed by atoms with van der Waals surface area (Å²) in [7, 11) is -7.81. The third-order valence-electron chi connectivity index (χ3n) is 3.46. The van der Waals surface area contributed by atoms with Crippen LogP contribution in [0, 0.1) is 0 Å². The number of rotatable bonds is 7. The van der Waals surface area contributed by atoms with Crippen LogP contribution in [0.1, 0.15) is 0 Å². The minimum Gasteiger partial charge on any atom is -0.281 e. The standard InChI is InChI=1S/C8H2F16O3S.C5H5N/c9-1(3(12,13)14)2(10,11)4(15,16)5(17,18)6(19,20)7(21,22)8(23,24)28(25,26)27;1-2-4-6-5-3-1/h1H,(H,25,26,27);1-5H. The lowest BCUT2D eigenvalue weighted by molar-refractivity contribution is -0.429. The van der Waals surface area contributed by atoms with E-state index in [1.807, 2.05) is 18.2 Å². The highest BCUT2D eigenvalue weighted by Gasteiger charge is 2.93. The van der Waals surface area contributed by atoms with Crippen LogP contribution in [0.15, 0.2) is 30.6 Å². The second-order valence-corrected chi connectivity index (χ2v) is 7.30. The maximum atomic E-state index is 13.0. The molecule has 1 heterocycles. The molecule has 0 aliphatic rings. The molecule has 0 radical (unpaired) electrons. The summed E-state index contributed by atoms with van der Waals surface area (Å²) in [6, 6.07) is 5.72.